The molecule has 1 fully saturated rings. The third kappa shape index (κ3) is 3.68. The highest BCUT2D eigenvalue weighted by atomic mass is 19.1. The van der Waals surface area contributed by atoms with Gasteiger partial charge in [0, 0.05) is 12.6 Å². The highest BCUT2D eigenvalue weighted by Crippen LogP contribution is 2.22. The Morgan fingerprint density at radius 3 is 2.73 bits per heavy atom. The summed E-state index contributed by atoms with van der Waals surface area (Å²) in [5.41, 5.74) is 0.0126. The van der Waals surface area contributed by atoms with Crippen molar-refractivity contribution in [1.82, 2.24) is 10.1 Å². The van der Waals surface area contributed by atoms with Gasteiger partial charge in [0.1, 0.15) is 6.61 Å². The molecule has 2 aromatic rings. The predicted molar refractivity (Wildman–Crippen MR) is 84.5 cm³/mol. The molecule has 0 unspecified atom stereocenters. The van der Waals surface area contributed by atoms with Gasteiger partial charge in [-0.05, 0) is 19.1 Å². The maximum absolute atomic E-state index is 13.5. The fraction of sp³-hybridized carbons (Fsp3) is 0.412. The number of ether oxygens (including phenoxy) is 2. The minimum Gasteiger partial charge on any atom is -0.479 e. The first kappa shape index (κ1) is 18.3. The van der Waals surface area contributed by atoms with E-state index in [1.807, 2.05) is 0 Å². The van der Waals surface area contributed by atoms with Crippen LogP contribution in [0.3, 0.4) is 0 Å². The average molecular weight is 368 g/mol. The second-order valence-corrected chi connectivity index (χ2v) is 5.78. The van der Waals surface area contributed by atoms with E-state index in [2.05, 4.69) is 5.16 Å². The van der Waals surface area contributed by atoms with E-state index in [9.17, 15) is 18.7 Å². The largest absolute Gasteiger partial charge is 0.479 e. The number of carbonyl (C=O) groups is 1. The summed E-state index contributed by atoms with van der Waals surface area (Å²) in [6.45, 7) is 2.23. The Morgan fingerprint density at radius 2 is 2.12 bits per heavy atom. The number of aliphatic hydroxyl groups excluding tert-OH is 1. The van der Waals surface area contributed by atoms with Crippen LogP contribution < -0.4 is 4.74 Å². The predicted octanol–water partition coefficient (Wildman–Crippen LogP) is 1.75. The molecule has 0 radical (unpaired) electrons. The number of para-hydroxylation sites is 1. The standard InChI is InChI=1S/C17H18F2N2O5/c1-2-21(14-8-24-9-15(14)22)17(23)13-6-10(26-20-13)7-25-16-11(18)4-3-5-12(16)19/h3-6,14-15,22H,2,7-9H2,1H3/t14-,15-/m1/s1. The van der Waals surface area contributed by atoms with E-state index in [0.717, 1.165) is 12.1 Å². The van der Waals surface area contributed by atoms with Gasteiger partial charge >= 0.3 is 0 Å². The van der Waals surface area contributed by atoms with Crippen molar-refractivity contribution in [2.24, 2.45) is 0 Å². The van der Waals surface area contributed by atoms with Crippen LogP contribution in [-0.4, -0.2) is 53.0 Å². The molecule has 1 aliphatic heterocycles. The lowest BCUT2D eigenvalue weighted by Gasteiger charge is -2.27. The molecule has 7 nitrogen and oxygen atoms in total. The van der Waals surface area contributed by atoms with Crippen molar-refractivity contribution in [3.05, 3.63) is 47.4 Å². The first-order valence-electron chi connectivity index (χ1n) is 8.10. The summed E-state index contributed by atoms with van der Waals surface area (Å²) in [5.74, 6) is -2.51. The number of aromatic nitrogens is 1. The summed E-state index contributed by atoms with van der Waals surface area (Å²) in [6, 6.07) is 4.25. The van der Waals surface area contributed by atoms with Gasteiger partial charge in [0.15, 0.2) is 28.8 Å². The number of aliphatic hydroxyl groups is 1. The second-order valence-electron chi connectivity index (χ2n) is 5.78. The smallest absolute Gasteiger partial charge is 0.276 e. The summed E-state index contributed by atoms with van der Waals surface area (Å²) >= 11 is 0. The van der Waals surface area contributed by atoms with Gasteiger partial charge in [0.25, 0.3) is 5.91 Å². The van der Waals surface area contributed by atoms with Crippen LogP contribution in [0.5, 0.6) is 5.75 Å². The van der Waals surface area contributed by atoms with E-state index in [4.69, 9.17) is 14.0 Å². The topological polar surface area (TPSA) is 85.0 Å². The molecule has 0 aliphatic carbocycles. The van der Waals surface area contributed by atoms with Gasteiger partial charge < -0.3 is 24.0 Å². The minimum atomic E-state index is -0.840. The monoisotopic (exact) mass is 368 g/mol. The van der Waals surface area contributed by atoms with Crippen LogP contribution in [0.25, 0.3) is 0 Å². The molecular formula is C17H18F2N2O5. The Morgan fingerprint density at radius 1 is 1.38 bits per heavy atom. The Bertz CT molecular complexity index is 762. The molecule has 1 aliphatic rings. The zero-order chi connectivity index (χ0) is 18.7. The van der Waals surface area contributed by atoms with Crippen molar-refractivity contribution in [3.8, 4) is 5.75 Å². The van der Waals surface area contributed by atoms with Crippen LogP contribution in [0.1, 0.15) is 23.2 Å². The van der Waals surface area contributed by atoms with Gasteiger partial charge in [-0.15, -0.1) is 0 Å². The van der Waals surface area contributed by atoms with Gasteiger partial charge in [-0.25, -0.2) is 8.78 Å². The number of hydrogen-bond acceptors (Lipinski definition) is 6. The van der Waals surface area contributed by atoms with E-state index in [1.54, 1.807) is 6.92 Å². The van der Waals surface area contributed by atoms with Crippen LogP contribution in [0.4, 0.5) is 8.78 Å². The van der Waals surface area contributed by atoms with Crippen LogP contribution in [0.2, 0.25) is 0 Å². The average Bonchev–Trinajstić information content (AvgIpc) is 3.25. The molecule has 2 atom stereocenters. The molecule has 1 amide bonds. The van der Waals surface area contributed by atoms with Gasteiger partial charge in [-0.2, -0.15) is 0 Å². The third-order valence-corrected chi connectivity index (χ3v) is 4.08. The lowest BCUT2D eigenvalue weighted by atomic mass is 10.1. The second kappa shape index (κ2) is 7.79. The Balaban J connectivity index is 1.68. The van der Waals surface area contributed by atoms with E-state index >= 15 is 0 Å². The van der Waals surface area contributed by atoms with Crippen LogP contribution >= 0.6 is 0 Å². The summed E-state index contributed by atoms with van der Waals surface area (Å²) in [4.78, 5) is 14.0. The molecule has 3 rings (SSSR count). The molecule has 1 aromatic heterocycles. The molecule has 1 saturated heterocycles. The number of amides is 1. The highest BCUT2D eigenvalue weighted by molar-refractivity contribution is 5.92. The summed E-state index contributed by atoms with van der Waals surface area (Å²) in [7, 11) is 0. The molecule has 2 heterocycles. The molecule has 0 bridgehead atoms. The molecule has 140 valence electrons. The molecule has 26 heavy (non-hydrogen) atoms. The normalized spacial score (nSPS) is 19.5. The van der Waals surface area contributed by atoms with E-state index in [1.165, 1.54) is 17.0 Å². The van der Waals surface area contributed by atoms with Gasteiger partial charge in [0.2, 0.25) is 0 Å². The minimum absolute atomic E-state index is 0.0126. The fourth-order valence-electron chi connectivity index (χ4n) is 2.75. The van der Waals surface area contributed by atoms with Crippen molar-refractivity contribution in [2.75, 3.05) is 19.8 Å². The number of rotatable bonds is 6. The summed E-state index contributed by atoms with van der Waals surface area (Å²) < 4.78 is 42.3. The molecule has 0 spiro atoms. The molecule has 9 heteroatoms. The Hall–Kier alpha value is -2.52. The number of carbonyl (C=O) groups excluding carboxylic acids is 1. The highest BCUT2D eigenvalue weighted by Gasteiger charge is 2.35. The lowest BCUT2D eigenvalue weighted by Crippen LogP contribution is -2.46. The number of hydrogen-bond donors (Lipinski definition) is 1. The number of likely N-dealkylation sites (N-methyl/N-ethyl adjacent to an activating group) is 1. The van der Waals surface area contributed by atoms with Gasteiger partial charge in [-0.1, -0.05) is 11.2 Å². The first-order chi connectivity index (χ1) is 12.5. The molecule has 0 saturated carbocycles. The van der Waals surface area contributed by atoms with Crippen molar-refractivity contribution in [3.63, 3.8) is 0 Å². The molecule has 1 aromatic carbocycles. The molecule has 1 N–H and O–H groups in total. The van der Waals surface area contributed by atoms with E-state index < -0.39 is 35.4 Å². The zero-order valence-corrected chi connectivity index (χ0v) is 14.0. The Kier molecular flexibility index (Phi) is 5.48. The lowest BCUT2D eigenvalue weighted by molar-refractivity contribution is 0.0511. The van der Waals surface area contributed by atoms with Gasteiger partial charge in [-0.3, -0.25) is 4.79 Å². The van der Waals surface area contributed by atoms with Crippen LogP contribution in [-0.2, 0) is 11.3 Å². The quantitative estimate of drug-likeness (QED) is 0.836. The maximum Gasteiger partial charge on any atom is 0.276 e. The van der Waals surface area contributed by atoms with Crippen molar-refractivity contribution < 1.29 is 32.7 Å². The van der Waals surface area contributed by atoms with E-state index in [0.29, 0.717) is 6.54 Å². The first-order valence-corrected chi connectivity index (χ1v) is 8.10. The number of benzene rings is 1. The van der Waals surface area contributed by atoms with Crippen LogP contribution in [0, 0.1) is 11.6 Å². The van der Waals surface area contributed by atoms with Crippen molar-refractivity contribution in [2.45, 2.75) is 25.7 Å². The van der Waals surface area contributed by atoms with Crippen molar-refractivity contribution in [1.29, 1.82) is 0 Å². The Labute approximate surface area is 148 Å². The van der Waals surface area contributed by atoms with Crippen molar-refractivity contribution >= 4 is 5.91 Å². The van der Waals surface area contributed by atoms with Crippen LogP contribution in [0.15, 0.2) is 28.8 Å². The zero-order valence-electron chi connectivity index (χ0n) is 14.0. The number of nitrogens with zero attached hydrogens (tertiary/aromatic N) is 2. The maximum atomic E-state index is 13.5. The van der Waals surface area contributed by atoms with E-state index in [-0.39, 0.29) is 31.3 Å². The SMILES string of the molecule is CCN(C(=O)c1cc(COc2c(F)cccc2F)on1)[C@@H]1COC[C@H]1O. The third-order valence-electron chi connectivity index (χ3n) is 4.08. The fourth-order valence-corrected chi connectivity index (χ4v) is 2.75. The summed E-state index contributed by atoms with van der Waals surface area (Å²) in [5, 5.41) is 13.6. The van der Waals surface area contributed by atoms with Gasteiger partial charge in [0.05, 0.1) is 25.4 Å². The number of halogens is 2. The molecular weight excluding hydrogens is 350 g/mol. The summed E-state index contributed by atoms with van der Waals surface area (Å²) in [6.07, 6.45) is -0.766.